The second-order valence-electron chi connectivity index (χ2n) is 11.7. The van der Waals surface area contributed by atoms with Gasteiger partial charge in [-0.05, 0) is 111 Å². The minimum Gasteiger partial charge on any atom is -0.443 e. The maximum atomic E-state index is 14.9. The van der Waals surface area contributed by atoms with Crippen LogP contribution in [0, 0.1) is 5.82 Å². The number of halogens is 2. The molecule has 0 fully saturated rings. The number of ether oxygens (including phenoxy) is 2. The molecule has 0 aliphatic carbocycles. The first kappa shape index (κ1) is 33.5. The number of allylic oxidation sites excluding steroid dienone is 5. The summed E-state index contributed by atoms with van der Waals surface area (Å²) in [6.07, 6.45) is 3.79. The molecular formula is C31H40ClFN4O4. The van der Waals surface area contributed by atoms with Crippen molar-refractivity contribution in [1.29, 1.82) is 0 Å². The Hall–Kier alpha value is -3.72. The normalized spacial score (nSPS) is 12.7. The predicted octanol–water partition coefficient (Wildman–Crippen LogP) is 9.09. The lowest BCUT2D eigenvalue weighted by molar-refractivity contribution is 0.0427. The maximum Gasteiger partial charge on any atom is 0.427 e. The van der Waals surface area contributed by atoms with Gasteiger partial charge in [0.25, 0.3) is 0 Å². The highest BCUT2D eigenvalue weighted by molar-refractivity contribution is 6.30. The summed E-state index contributed by atoms with van der Waals surface area (Å²) in [5, 5.41) is 3.62. The number of hydrogen-bond acceptors (Lipinski definition) is 7. The summed E-state index contributed by atoms with van der Waals surface area (Å²) in [7, 11) is 0. The Bertz CT molecular complexity index is 1340. The van der Waals surface area contributed by atoms with E-state index in [2.05, 4.69) is 15.3 Å². The number of carbonyl (C=O) groups excluding carboxylic acids is 2. The molecule has 1 aromatic heterocycles. The van der Waals surface area contributed by atoms with Crippen LogP contribution < -0.4 is 10.2 Å². The van der Waals surface area contributed by atoms with Gasteiger partial charge in [-0.2, -0.15) is 4.98 Å². The number of anilines is 2. The van der Waals surface area contributed by atoms with Crippen LogP contribution in [-0.2, 0) is 9.47 Å². The van der Waals surface area contributed by atoms with Crippen LogP contribution in [-0.4, -0.2) is 33.4 Å². The molecule has 0 spiro atoms. The quantitative estimate of drug-likeness (QED) is 0.323. The third kappa shape index (κ3) is 10.6. The maximum absolute atomic E-state index is 14.9. The van der Waals surface area contributed by atoms with E-state index in [0.717, 1.165) is 11.1 Å². The number of imide groups is 1. The number of benzene rings is 1. The van der Waals surface area contributed by atoms with Gasteiger partial charge in [-0.15, -0.1) is 4.90 Å². The van der Waals surface area contributed by atoms with E-state index < -0.39 is 29.2 Å². The average Bonchev–Trinajstić information content (AvgIpc) is 2.81. The molecule has 1 heterocycles. The molecule has 8 nitrogen and oxygen atoms in total. The molecule has 0 aliphatic rings. The second-order valence-corrected chi connectivity index (χ2v) is 12.1. The van der Waals surface area contributed by atoms with E-state index in [9.17, 15) is 14.0 Å². The van der Waals surface area contributed by atoms with Gasteiger partial charge in [-0.1, -0.05) is 29.7 Å². The first-order valence-corrected chi connectivity index (χ1v) is 13.7. The third-order valence-corrected chi connectivity index (χ3v) is 5.46. The van der Waals surface area contributed by atoms with Crippen LogP contribution in [0.4, 0.5) is 25.7 Å². The van der Waals surface area contributed by atoms with Crippen molar-refractivity contribution in [2.24, 2.45) is 0 Å². The molecule has 2 amide bonds. The fourth-order valence-electron chi connectivity index (χ4n) is 3.43. The highest BCUT2D eigenvalue weighted by Crippen LogP contribution is 2.29. The molecule has 1 aromatic carbocycles. The van der Waals surface area contributed by atoms with Crippen molar-refractivity contribution in [3.63, 3.8) is 0 Å². The van der Waals surface area contributed by atoms with Crippen molar-refractivity contribution in [2.75, 3.05) is 10.2 Å². The zero-order chi connectivity index (χ0) is 31.1. The number of nitrogens with one attached hydrogen (secondary N) is 1. The molecule has 2 rings (SSSR count). The van der Waals surface area contributed by atoms with Gasteiger partial charge in [-0.25, -0.2) is 19.0 Å². The first-order valence-electron chi connectivity index (χ1n) is 13.3. The van der Waals surface area contributed by atoms with Crippen LogP contribution >= 0.6 is 11.6 Å². The highest BCUT2D eigenvalue weighted by Gasteiger charge is 2.34. The molecule has 1 N–H and O–H groups in total. The van der Waals surface area contributed by atoms with E-state index in [0.29, 0.717) is 33.2 Å². The lowest BCUT2D eigenvalue weighted by Crippen LogP contribution is -2.44. The lowest BCUT2D eigenvalue weighted by Gasteiger charge is -2.27. The average molecular weight is 587 g/mol. The molecule has 0 unspecified atom stereocenters. The van der Waals surface area contributed by atoms with Crippen LogP contribution in [0.5, 0.6) is 0 Å². The van der Waals surface area contributed by atoms with Gasteiger partial charge in [0.15, 0.2) is 0 Å². The van der Waals surface area contributed by atoms with Gasteiger partial charge in [0, 0.05) is 22.5 Å². The fourth-order valence-corrected chi connectivity index (χ4v) is 3.60. The molecule has 222 valence electrons. The smallest absolute Gasteiger partial charge is 0.427 e. The van der Waals surface area contributed by atoms with Gasteiger partial charge in [0.1, 0.15) is 22.8 Å². The monoisotopic (exact) mass is 586 g/mol. The summed E-state index contributed by atoms with van der Waals surface area (Å²) in [4.78, 5) is 35.3. The molecule has 2 aromatic rings. The summed E-state index contributed by atoms with van der Waals surface area (Å²) in [5.74, 6) is -0.368. The summed E-state index contributed by atoms with van der Waals surface area (Å²) in [5.41, 5.74) is 1.73. The van der Waals surface area contributed by atoms with E-state index in [1.807, 2.05) is 39.8 Å². The van der Waals surface area contributed by atoms with Crippen LogP contribution in [0.2, 0.25) is 5.02 Å². The standard InChI is InChI=1S/C31H40ClFN4O4/c1-11-20(4)23(24-17-21(32)12-13-25(24)33)18-22(16-19(2)3)35-26-14-15-34-27(36-26)37(28(38)40-30(5,6)7)29(39)41-31(8,9)10/h12-18H,11H2,1-10H3,(H,34,35,36)/b22-18+,23-20-. The minimum absolute atomic E-state index is 0.239. The molecule has 0 bridgehead atoms. The van der Waals surface area contributed by atoms with Crippen LogP contribution in [0.25, 0.3) is 5.57 Å². The molecule has 0 atom stereocenters. The zero-order valence-electron chi connectivity index (χ0n) is 25.5. The topological polar surface area (TPSA) is 93.7 Å². The fraction of sp³-hybridized carbons (Fsp3) is 0.419. The SMILES string of the molecule is CC/C(C)=C(/C=C(\C=C(C)C)Nc1ccnc(N(C(=O)OC(C)(C)C)C(=O)OC(C)(C)C)n1)c1cc(Cl)ccc1F. The Labute approximate surface area is 247 Å². The number of carbonyl (C=O) groups is 2. The molecule has 10 heteroatoms. The number of rotatable bonds is 7. The number of aromatic nitrogens is 2. The van der Waals surface area contributed by atoms with Crippen molar-refractivity contribution in [3.05, 3.63) is 75.9 Å². The van der Waals surface area contributed by atoms with Crippen molar-refractivity contribution in [2.45, 2.75) is 86.9 Å². The summed E-state index contributed by atoms with van der Waals surface area (Å²) < 4.78 is 25.8. The molecule has 41 heavy (non-hydrogen) atoms. The van der Waals surface area contributed by atoms with Crippen LogP contribution in [0.1, 0.15) is 81.2 Å². The van der Waals surface area contributed by atoms with E-state index in [1.54, 1.807) is 53.7 Å². The Morgan fingerprint density at radius 3 is 2.10 bits per heavy atom. The van der Waals surface area contributed by atoms with Crippen LogP contribution in [0.3, 0.4) is 0 Å². The van der Waals surface area contributed by atoms with Gasteiger partial charge in [0.2, 0.25) is 5.95 Å². The van der Waals surface area contributed by atoms with Crippen molar-refractivity contribution >= 4 is 41.1 Å². The Morgan fingerprint density at radius 2 is 1.59 bits per heavy atom. The van der Waals surface area contributed by atoms with E-state index in [1.165, 1.54) is 18.3 Å². The van der Waals surface area contributed by atoms with Crippen molar-refractivity contribution in [1.82, 2.24) is 9.97 Å². The molecule has 0 radical (unpaired) electrons. The highest BCUT2D eigenvalue weighted by atomic mass is 35.5. The number of nitrogens with zero attached hydrogens (tertiary/aromatic N) is 3. The van der Waals surface area contributed by atoms with Gasteiger partial charge in [-0.3, -0.25) is 0 Å². The molecule has 0 saturated carbocycles. The van der Waals surface area contributed by atoms with Gasteiger partial charge in [0.05, 0.1) is 0 Å². The molecule has 0 aliphatic heterocycles. The summed E-state index contributed by atoms with van der Waals surface area (Å²) >= 11 is 6.20. The third-order valence-electron chi connectivity index (χ3n) is 5.22. The Balaban J connectivity index is 2.62. The summed E-state index contributed by atoms with van der Waals surface area (Å²) in [6.45, 7) is 17.8. The van der Waals surface area contributed by atoms with Gasteiger partial charge < -0.3 is 14.8 Å². The zero-order valence-corrected chi connectivity index (χ0v) is 26.2. The predicted molar refractivity (Wildman–Crippen MR) is 162 cm³/mol. The van der Waals surface area contributed by atoms with E-state index in [-0.39, 0.29) is 11.8 Å². The Morgan fingerprint density at radius 1 is 1.00 bits per heavy atom. The Kier molecular flexibility index (Phi) is 11.2. The van der Waals surface area contributed by atoms with Crippen molar-refractivity contribution in [3.8, 4) is 0 Å². The first-order chi connectivity index (χ1) is 18.9. The summed E-state index contributed by atoms with van der Waals surface area (Å²) in [6, 6.07) is 6.00. The molecule has 0 saturated heterocycles. The lowest BCUT2D eigenvalue weighted by atomic mass is 9.97. The number of amides is 2. The largest absolute Gasteiger partial charge is 0.443 e. The van der Waals surface area contributed by atoms with Crippen LogP contribution in [0.15, 0.2) is 59.5 Å². The molecular weight excluding hydrogens is 547 g/mol. The van der Waals surface area contributed by atoms with Gasteiger partial charge >= 0.3 is 12.2 Å². The second kappa shape index (κ2) is 13.8. The van der Waals surface area contributed by atoms with E-state index >= 15 is 0 Å². The van der Waals surface area contributed by atoms with Crippen molar-refractivity contribution < 1.29 is 23.5 Å². The number of hydrogen-bond donors (Lipinski definition) is 1. The van der Waals surface area contributed by atoms with E-state index in [4.69, 9.17) is 21.1 Å². The minimum atomic E-state index is -0.982.